The minimum Gasteiger partial charge on any atom is -0.416 e. The molecule has 0 fully saturated rings. The molecule has 96 valence electrons. The lowest BCUT2D eigenvalue weighted by molar-refractivity contribution is -0.0981. The van der Waals surface area contributed by atoms with Crippen LogP contribution in [0.25, 0.3) is 0 Å². The second-order valence-corrected chi connectivity index (χ2v) is 5.17. The summed E-state index contributed by atoms with van der Waals surface area (Å²) in [6.45, 7) is 6.68. The van der Waals surface area contributed by atoms with E-state index in [0.717, 1.165) is 5.56 Å². The molecule has 1 aromatic rings. The van der Waals surface area contributed by atoms with Crippen molar-refractivity contribution in [3.05, 3.63) is 35.9 Å². The normalized spacial score (nSPS) is 11.7. The molecule has 0 radical (unpaired) electrons. The second kappa shape index (κ2) is 5.58. The van der Waals surface area contributed by atoms with Gasteiger partial charge in [0.05, 0.1) is 11.2 Å². The molecule has 0 spiro atoms. The summed E-state index contributed by atoms with van der Waals surface area (Å²) in [7, 11) is -1.23. The lowest BCUT2D eigenvalue weighted by Gasteiger charge is -2.37. The summed E-state index contributed by atoms with van der Waals surface area (Å²) in [6.07, 6.45) is 0. The number of hydrogen-bond acceptors (Lipinski definition) is 3. The monoisotopic (exact) mass is 246 g/mol. The van der Waals surface area contributed by atoms with Crippen molar-refractivity contribution < 1.29 is 14.8 Å². The number of benzene rings is 1. The van der Waals surface area contributed by atoms with Crippen molar-refractivity contribution >= 4 is 7.12 Å². The zero-order chi connectivity index (χ0) is 13.8. The molecule has 0 aromatic heterocycles. The zero-order valence-corrected chi connectivity index (χ0v) is 11.3. The van der Waals surface area contributed by atoms with Crippen LogP contribution in [0.5, 0.6) is 0 Å². The van der Waals surface area contributed by atoms with Crippen molar-refractivity contribution in [1.82, 2.24) is 0 Å². The van der Waals surface area contributed by atoms with Gasteiger partial charge >= 0.3 is 7.12 Å². The van der Waals surface area contributed by atoms with E-state index in [0.29, 0.717) is 0 Å². The lowest BCUT2D eigenvalue weighted by Crippen LogP contribution is -2.50. The van der Waals surface area contributed by atoms with Gasteiger partial charge in [-0.1, -0.05) is 29.9 Å². The van der Waals surface area contributed by atoms with Gasteiger partial charge in [-0.15, -0.1) is 0 Å². The van der Waals surface area contributed by atoms with E-state index in [2.05, 4.69) is 11.7 Å². The van der Waals surface area contributed by atoms with E-state index in [1.54, 1.807) is 27.7 Å². The molecule has 18 heavy (non-hydrogen) atoms. The van der Waals surface area contributed by atoms with E-state index in [1.165, 1.54) is 0 Å². The summed E-state index contributed by atoms with van der Waals surface area (Å²) in [5, 5.41) is 19.6. The Bertz CT molecular complexity index is 438. The first-order chi connectivity index (χ1) is 8.22. The Hall–Kier alpha value is -1.28. The number of hydrogen-bond donors (Lipinski definition) is 2. The molecule has 0 heterocycles. The average molecular weight is 246 g/mol. The fraction of sp³-hybridized carbons (Fsp3) is 0.429. The van der Waals surface area contributed by atoms with Crippen LogP contribution in [0.4, 0.5) is 0 Å². The molecule has 0 atom stereocenters. The van der Waals surface area contributed by atoms with Crippen molar-refractivity contribution in [2.24, 2.45) is 0 Å². The smallest absolute Gasteiger partial charge is 0.416 e. The molecule has 0 bridgehead atoms. The summed E-state index contributed by atoms with van der Waals surface area (Å²) < 4.78 is 5.36. The highest BCUT2D eigenvalue weighted by Crippen LogP contribution is 2.25. The molecule has 4 heteroatoms. The predicted octanol–water partition coefficient (Wildman–Crippen LogP) is 1.62. The van der Waals surface area contributed by atoms with Crippen LogP contribution in [-0.4, -0.2) is 28.5 Å². The van der Waals surface area contributed by atoms with Gasteiger partial charge in [-0.3, -0.25) is 0 Å². The summed E-state index contributed by atoms with van der Waals surface area (Å²) in [6, 6.07) is 9.34. The Kier molecular flexibility index (Phi) is 4.58. The van der Waals surface area contributed by atoms with Crippen LogP contribution in [-0.2, 0) is 4.65 Å². The highest BCUT2D eigenvalue weighted by molar-refractivity contribution is 6.53. The third kappa shape index (κ3) is 4.19. The number of aliphatic hydroxyl groups is 1. The third-order valence-electron chi connectivity index (χ3n) is 2.99. The van der Waals surface area contributed by atoms with Crippen LogP contribution in [0, 0.1) is 11.7 Å². The van der Waals surface area contributed by atoms with Crippen LogP contribution >= 0.6 is 0 Å². The van der Waals surface area contributed by atoms with E-state index in [4.69, 9.17) is 4.65 Å². The Morgan fingerprint density at radius 1 is 1.11 bits per heavy atom. The van der Waals surface area contributed by atoms with E-state index in [9.17, 15) is 10.1 Å². The lowest BCUT2D eigenvalue weighted by atomic mass is 9.83. The van der Waals surface area contributed by atoms with Crippen LogP contribution in [0.3, 0.4) is 0 Å². The molecule has 0 saturated carbocycles. The van der Waals surface area contributed by atoms with Gasteiger partial charge in [-0.2, -0.15) is 0 Å². The summed E-state index contributed by atoms with van der Waals surface area (Å²) in [4.78, 5) is 0. The van der Waals surface area contributed by atoms with Gasteiger partial charge in [-0.05, 0) is 39.8 Å². The molecule has 0 unspecified atom stereocenters. The zero-order valence-electron chi connectivity index (χ0n) is 11.3. The molecule has 0 saturated heterocycles. The van der Waals surface area contributed by atoms with Crippen molar-refractivity contribution in [3.63, 3.8) is 0 Å². The standard InChI is InChI=1S/C14H19BO3/c1-13(2,16)14(3,4)18-15(17)11-10-12-8-6-5-7-9-12/h5-9,16-17H,1-4H3. The first-order valence-electron chi connectivity index (χ1n) is 5.87. The predicted molar refractivity (Wildman–Crippen MR) is 72.8 cm³/mol. The van der Waals surface area contributed by atoms with Gasteiger partial charge in [0.15, 0.2) is 0 Å². The molecule has 2 N–H and O–H groups in total. The maximum Gasteiger partial charge on any atom is 0.548 e. The maximum absolute atomic E-state index is 9.90. The van der Waals surface area contributed by atoms with Crippen molar-refractivity contribution in [2.45, 2.75) is 38.9 Å². The molecule has 0 aliphatic heterocycles. The summed E-state index contributed by atoms with van der Waals surface area (Å²) in [5.74, 6) is 5.41. The fourth-order valence-electron chi connectivity index (χ4n) is 1.12. The van der Waals surface area contributed by atoms with Crippen molar-refractivity contribution in [1.29, 1.82) is 0 Å². The van der Waals surface area contributed by atoms with Gasteiger partial charge in [0.1, 0.15) is 0 Å². The second-order valence-electron chi connectivity index (χ2n) is 5.17. The highest BCUT2D eigenvalue weighted by Gasteiger charge is 2.38. The molecule has 0 aliphatic carbocycles. The maximum atomic E-state index is 9.90. The largest absolute Gasteiger partial charge is 0.548 e. The molecular formula is C14H19BO3. The summed E-state index contributed by atoms with van der Waals surface area (Å²) in [5.41, 5.74) is -1.15. The SMILES string of the molecule is CC(C)(O)C(C)(C)OB(O)C#Cc1ccccc1. The van der Waals surface area contributed by atoms with Gasteiger partial charge in [0.2, 0.25) is 0 Å². The Balaban J connectivity index is 2.69. The van der Waals surface area contributed by atoms with E-state index in [1.807, 2.05) is 30.3 Å². The topological polar surface area (TPSA) is 49.7 Å². The minimum atomic E-state index is -1.23. The van der Waals surface area contributed by atoms with E-state index >= 15 is 0 Å². The first-order valence-corrected chi connectivity index (χ1v) is 5.87. The Labute approximate surface area is 109 Å². The highest BCUT2D eigenvalue weighted by atomic mass is 16.5. The third-order valence-corrected chi connectivity index (χ3v) is 2.99. The van der Waals surface area contributed by atoms with E-state index < -0.39 is 18.3 Å². The van der Waals surface area contributed by atoms with Gasteiger partial charge < -0.3 is 14.8 Å². The van der Waals surface area contributed by atoms with Crippen LogP contribution in [0.2, 0.25) is 0 Å². The molecule has 1 rings (SSSR count). The van der Waals surface area contributed by atoms with Crippen LogP contribution in [0.15, 0.2) is 30.3 Å². The molecule has 0 amide bonds. The fourth-order valence-corrected chi connectivity index (χ4v) is 1.12. The average Bonchev–Trinajstić information content (AvgIpc) is 2.26. The molecule has 1 aromatic carbocycles. The minimum absolute atomic E-state index is 0.807. The summed E-state index contributed by atoms with van der Waals surface area (Å²) >= 11 is 0. The van der Waals surface area contributed by atoms with Gasteiger partial charge in [0.25, 0.3) is 0 Å². The molecular weight excluding hydrogens is 227 g/mol. The van der Waals surface area contributed by atoms with Gasteiger partial charge in [-0.25, -0.2) is 0 Å². The quantitative estimate of drug-likeness (QED) is 0.629. The molecule has 0 aliphatic rings. The van der Waals surface area contributed by atoms with Crippen LogP contribution < -0.4 is 0 Å². The number of rotatable bonds is 3. The Morgan fingerprint density at radius 2 is 1.67 bits per heavy atom. The van der Waals surface area contributed by atoms with Crippen LogP contribution in [0.1, 0.15) is 33.3 Å². The van der Waals surface area contributed by atoms with Crippen molar-refractivity contribution in [2.75, 3.05) is 0 Å². The van der Waals surface area contributed by atoms with E-state index in [-0.39, 0.29) is 0 Å². The Morgan fingerprint density at radius 3 is 2.17 bits per heavy atom. The molecule has 3 nitrogen and oxygen atoms in total. The first kappa shape index (κ1) is 14.8. The van der Waals surface area contributed by atoms with Gasteiger partial charge in [0, 0.05) is 5.56 Å². The van der Waals surface area contributed by atoms with Crippen molar-refractivity contribution in [3.8, 4) is 11.7 Å².